The van der Waals surface area contributed by atoms with E-state index in [1.54, 1.807) is 0 Å². The van der Waals surface area contributed by atoms with Gasteiger partial charge in [0.05, 0.1) is 0 Å². The van der Waals surface area contributed by atoms with Gasteiger partial charge < -0.3 is 10.2 Å². The highest BCUT2D eigenvalue weighted by Gasteiger charge is 2.28. The van der Waals surface area contributed by atoms with Crippen LogP contribution in [0.15, 0.2) is 48.5 Å². The van der Waals surface area contributed by atoms with Crippen LogP contribution < -0.4 is 0 Å². The van der Waals surface area contributed by atoms with E-state index >= 15 is 0 Å². The quantitative estimate of drug-likeness (QED) is 0.543. The normalized spacial score (nSPS) is 11.4. The van der Waals surface area contributed by atoms with Crippen LogP contribution in [0.2, 0.25) is 5.02 Å². The monoisotopic (exact) mass is 357 g/mol. The second-order valence-electron chi connectivity index (χ2n) is 5.26. The van der Waals surface area contributed by atoms with Crippen LogP contribution >= 0.6 is 11.6 Å². The molecule has 0 radical (unpaired) electrons. The van der Waals surface area contributed by atoms with Crippen LogP contribution in [0.1, 0.15) is 16.8 Å². The Balaban J connectivity index is 0.000000306. The van der Waals surface area contributed by atoms with Gasteiger partial charge in [0.2, 0.25) is 0 Å². The zero-order valence-corrected chi connectivity index (χ0v) is 14.0. The molecular formula is C19H16ClNO4. The van der Waals surface area contributed by atoms with Gasteiger partial charge in [-0.25, -0.2) is 4.79 Å². The van der Waals surface area contributed by atoms with Crippen LogP contribution in [0.3, 0.4) is 0 Å². The summed E-state index contributed by atoms with van der Waals surface area (Å²) in [6.07, 6.45) is 5.05. The molecule has 1 atom stereocenters. The van der Waals surface area contributed by atoms with Crippen molar-refractivity contribution in [2.45, 2.75) is 12.5 Å². The summed E-state index contributed by atoms with van der Waals surface area (Å²) >= 11 is 5.70. The van der Waals surface area contributed by atoms with Crippen molar-refractivity contribution < 1.29 is 19.8 Å². The van der Waals surface area contributed by atoms with E-state index in [9.17, 15) is 9.59 Å². The molecular weight excluding hydrogens is 342 g/mol. The van der Waals surface area contributed by atoms with E-state index in [-0.39, 0.29) is 18.6 Å². The third kappa shape index (κ3) is 4.83. The maximum Gasteiger partial charge on any atom is 0.327 e. The first kappa shape index (κ1) is 18.5. The molecule has 0 spiro atoms. The van der Waals surface area contributed by atoms with Crippen LogP contribution in [0, 0.1) is 12.5 Å². The van der Waals surface area contributed by atoms with Gasteiger partial charge in [-0.1, -0.05) is 36.2 Å². The zero-order valence-electron chi connectivity index (χ0n) is 13.2. The number of nitrogens with zero attached hydrogens (tertiary/aromatic N) is 1. The fourth-order valence-electron chi connectivity index (χ4n) is 2.18. The summed E-state index contributed by atoms with van der Waals surface area (Å²) in [6.45, 7) is -0.386. The molecule has 1 aromatic rings. The summed E-state index contributed by atoms with van der Waals surface area (Å²) in [5.41, 5.74) is 3.08. The standard InChI is InChI=1S/C13H12ClNO4.C6H4/c1-2-15(11(7-8-16)13(18)19)12(17)9-3-5-10(14)6-4-9;1-2-5-4-6(5)3-1/h1,3-6,11,16H,7-8H2,(H,18,19);1-4H. The Morgan fingerprint density at radius 3 is 2.12 bits per heavy atom. The minimum atomic E-state index is -1.27. The first-order chi connectivity index (χ1) is 12.0. The van der Waals surface area contributed by atoms with Crippen molar-refractivity contribution in [3.63, 3.8) is 0 Å². The summed E-state index contributed by atoms with van der Waals surface area (Å²) in [5.74, 6) is -1.89. The Morgan fingerprint density at radius 1 is 1.16 bits per heavy atom. The third-order valence-corrected chi connectivity index (χ3v) is 3.81. The summed E-state index contributed by atoms with van der Waals surface area (Å²) in [7, 11) is 0. The van der Waals surface area contributed by atoms with E-state index in [4.69, 9.17) is 28.2 Å². The number of hydrogen-bond donors (Lipinski definition) is 2. The lowest BCUT2D eigenvalue weighted by atomic mass is 10.1. The Labute approximate surface area is 150 Å². The lowest BCUT2D eigenvalue weighted by Crippen LogP contribution is -2.42. The number of aliphatic carboxylic acids is 1. The number of aliphatic hydroxyl groups excluding tert-OH is 1. The van der Waals surface area contributed by atoms with Crippen molar-refractivity contribution in [3.05, 3.63) is 59.1 Å². The molecule has 25 heavy (non-hydrogen) atoms. The van der Waals surface area contributed by atoms with Crippen molar-refractivity contribution in [2.75, 3.05) is 6.61 Å². The van der Waals surface area contributed by atoms with Gasteiger partial charge in [0.15, 0.2) is 0 Å². The topological polar surface area (TPSA) is 77.8 Å². The molecule has 2 aliphatic carbocycles. The van der Waals surface area contributed by atoms with Crippen molar-refractivity contribution in [1.82, 2.24) is 4.90 Å². The number of halogens is 1. The fraction of sp³-hybridized carbons (Fsp3) is 0.158. The van der Waals surface area contributed by atoms with Crippen molar-refractivity contribution in [3.8, 4) is 23.6 Å². The van der Waals surface area contributed by atoms with Crippen LogP contribution in [-0.2, 0) is 4.79 Å². The molecule has 1 aromatic carbocycles. The Bertz CT molecular complexity index is 794. The first-order valence-electron chi connectivity index (χ1n) is 7.47. The number of carbonyl (C=O) groups excluding carboxylic acids is 1. The van der Waals surface area contributed by atoms with E-state index in [0.717, 1.165) is 4.90 Å². The molecule has 0 bridgehead atoms. The van der Waals surface area contributed by atoms with Crippen LogP contribution in [-0.4, -0.2) is 39.6 Å². The maximum absolute atomic E-state index is 12.1. The number of carboxylic acid groups (broad SMARTS) is 1. The zero-order chi connectivity index (χ0) is 18.4. The molecule has 3 rings (SSSR count). The van der Waals surface area contributed by atoms with Gasteiger partial charge in [0.1, 0.15) is 6.04 Å². The second-order valence-corrected chi connectivity index (χ2v) is 5.69. The molecule has 0 heterocycles. The van der Waals surface area contributed by atoms with Crippen LogP contribution in [0.4, 0.5) is 0 Å². The molecule has 128 valence electrons. The highest BCUT2D eigenvalue weighted by Crippen LogP contribution is 2.32. The van der Waals surface area contributed by atoms with Crippen LogP contribution in [0.5, 0.6) is 0 Å². The van der Waals surface area contributed by atoms with Crippen molar-refractivity contribution >= 4 is 23.5 Å². The molecule has 1 unspecified atom stereocenters. The number of amides is 1. The number of fused-ring (bicyclic) bond motifs is 1. The fourth-order valence-corrected chi connectivity index (χ4v) is 2.31. The average molecular weight is 358 g/mol. The smallest absolute Gasteiger partial charge is 0.327 e. The summed E-state index contributed by atoms with van der Waals surface area (Å²) in [6, 6.07) is 15.2. The van der Waals surface area contributed by atoms with Gasteiger partial charge in [-0.3, -0.25) is 9.69 Å². The summed E-state index contributed by atoms with van der Waals surface area (Å²) in [4.78, 5) is 23.9. The van der Waals surface area contributed by atoms with E-state index in [1.807, 2.05) is 6.04 Å². The number of carboxylic acids is 1. The minimum Gasteiger partial charge on any atom is -0.480 e. The molecule has 2 aliphatic rings. The number of rotatable bonds is 5. The molecule has 5 nitrogen and oxygen atoms in total. The minimum absolute atomic E-state index is 0.140. The van der Waals surface area contributed by atoms with Gasteiger partial charge >= 0.3 is 5.97 Å². The largest absolute Gasteiger partial charge is 0.480 e. The van der Waals surface area contributed by atoms with Crippen molar-refractivity contribution in [2.24, 2.45) is 0 Å². The van der Waals surface area contributed by atoms with Gasteiger partial charge in [0.25, 0.3) is 5.91 Å². The summed E-state index contributed by atoms with van der Waals surface area (Å²) in [5, 5.41) is 18.3. The highest BCUT2D eigenvalue weighted by atomic mass is 35.5. The summed E-state index contributed by atoms with van der Waals surface area (Å²) < 4.78 is 0. The lowest BCUT2D eigenvalue weighted by molar-refractivity contribution is -0.141. The maximum atomic E-state index is 12.1. The highest BCUT2D eigenvalue weighted by molar-refractivity contribution is 6.30. The Kier molecular flexibility index (Phi) is 6.18. The third-order valence-electron chi connectivity index (χ3n) is 3.56. The van der Waals surface area contributed by atoms with E-state index < -0.39 is 17.9 Å². The lowest BCUT2D eigenvalue weighted by Gasteiger charge is -2.22. The predicted octanol–water partition coefficient (Wildman–Crippen LogP) is 2.88. The number of hydrogen-bond acceptors (Lipinski definition) is 3. The SMILES string of the molecule is C#CN(C(=O)c1ccc(Cl)cc1)C(CCO)C(=O)O.c1cc2cc-2c1. The van der Waals surface area contributed by atoms with Gasteiger partial charge in [-0.2, -0.15) is 0 Å². The predicted molar refractivity (Wildman–Crippen MR) is 95.0 cm³/mol. The molecule has 0 fully saturated rings. The molecule has 1 amide bonds. The number of aliphatic hydroxyl groups is 1. The molecule has 0 saturated heterocycles. The van der Waals surface area contributed by atoms with Crippen LogP contribution in [0.25, 0.3) is 11.1 Å². The molecule has 2 N–H and O–H groups in total. The Morgan fingerprint density at radius 2 is 1.76 bits per heavy atom. The Hall–Kier alpha value is -2.81. The van der Waals surface area contributed by atoms with E-state index in [2.05, 4.69) is 24.3 Å². The van der Waals surface area contributed by atoms with Gasteiger partial charge in [0, 0.05) is 29.7 Å². The van der Waals surface area contributed by atoms with E-state index in [0.29, 0.717) is 5.02 Å². The van der Waals surface area contributed by atoms with Gasteiger partial charge in [-0.15, -0.1) is 0 Å². The molecule has 6 heteroatoms. The second kappa shape index (κ2) is 8.34. The number of benzene rings is 2. The van der Waals surface area contributed by atoms with E-state index in [1.165, 1.54) is 35.4 Å². The molecule has 0 aromatic heterocycles. The van der Waals surface area contributed by atoms with Crippen molar-refractivity contribution in [1.29, 1.82) is 0 Å². The number of carbonyl (C=O) groups is 2. The molecule has 0 aliphatic heterocycles. The first-order valence-corrected chi connectivity index (χ1v) is 7.85. The number of terminal acetylenes is 1. The van der Waals surface area contributed by atoms with Gasteiger partial charge in [-0.05, 0) is 41.5 Å². The average Bonchev–Trinajstić information content (AvgIpc) is 3.20. The molecule has 0 saturated carbocycles.